The molecule has 2 unspecified atom stereocenters. The minimum Gasteiger partial charge on any atom is -0.492 e. The van der Waals surface area contributed by atoms with Crippen molar-refractivity contribution < 1.29 is 9.47 Å². The molecule has 1 heterocycles. The van der Waals surface area contributed by atoms with Gasteiger partial charge >= 0.3 is 0 Å². The van der Waals surface area contributed by atoms with Crippen LogP contribution in [0.2, 0.25) is 0 Å². The molecule has 1 aromatic rings. The van der Waals surface area contributed by atoms with Crippen LogP contribution in [0.25, 0.3) is 0 Å². The van der Waals surface area contributed by atoms with Gasteiger partial charge in [0.05, 0.1) is 6.10 Å². The molecule has 0 aliphatic carbocycles. The second kappa shape index (κ2) is 6.04. The largest absolute Gasteiger partial charge is 0.492 e. The second-order valence-corrected chi connectivity index (χ2v) is 5.83. The van der Waals surface area contributed by atoms with E-state index < -0.39 is 0 Å². The van der Waals surface area contributed by atoms with Crippen LogP contribution >= 0.6 is 15.9 Å². The summed E-state index contributed by atoms with van der Waals surface area (Å²) < 4.78 is 12.3. The third kappa shape index (κ3) is 3.46. The lowest BCUT2D eigenvalue weighted by molar-refractivity contribution is 0.0872. The molecule has 3 nitrogen and oxygen atoms in total. The van der Waals surface area contributed by atoms with E-state index in [1.807, 2.05) is 24.3 Å². The van der Waals surface area contributed by atoms with Crippen molar-refractivity contribution in [1.29, 1.82) is 0 Å². The monoisotopic (exact) mass is 313 g/mol. The van der Waals surface area contributed by atoms with Crippen LogP contribution in [0.1, 0.15) is 20.3 Å². The standard InChI is InChI=1S/C14H20BrNO2/c1-11-14(2,7-9-17-11)16-8-10-18-13-5-3-12(15)4-6-13/h3-6,11,16H,7-10H2,1-2H3. The molecule has 1 fully saturated rings. The first-order valence-corrected chi connectivity index (χ1v) is 7.14. The predicted molar refractivity (Wildman–Crippen MR) is 76.1 cm³/mol. The molecule has 100 valence electrons. The summed E-state index contributed by atoms with van der Waals surface area (Å²) in [6.45, 7) is 6.68. The van der Waals surface area contributed by atoms with E-state index in [4.69, 9.17) is 9.47 Å². The summed E-state index contributed by atoms with van der Waals surface area (Å²) in [5.41, 5.74) is 0.0864. The summed E-state index contributed by atoms with van der Waals surface area (Å²) in [6, 6.07) is 7.90. The third-order valence-electron chi connectivity index (χ3n) is 3.60. The van der Waals surface area contributed by atoms with E-state index in [1.54, 1.807) is 0 Å². The molecular weight excluding hydrogens is 294 g/mol. The first-order valence-electron chi connectivity index (χ1n) is 6.35. The number of benzene rings is 1. The van der Waals surface area contributed by atoms with Crippen molar-refractivity contribution in [2.75, 3.05) is 19.8 Å². The number of hydrogen-bond donors (Lipinski definition) is 1. The minimum atomic E-state index is 0.0864. The lowest BCUT2D eigenvalue weighted by atomic mass is 9.95. The molecule has 1 aliphatic heterocycles. The van der Waals surface area contributed by atoms with Crippen LogP contribution in [0, 0.1) is 0 Å². The average Bonchev–Trinajstić information content (AvgIpc) is 2.68. The fraction of sp³-hybridized carbons (Fsp3) is 0.571. The molecule has 1 aromatic carbocycles. The molecule has 1 saturated heterocycles. The highest BCUT2D eigenvalue weighted by Gasteiger charge is 2.36. The number of nitrogens with one attached hydrogen (secondary N) is 1. The Bertz CT molecular complexity index is 382. The highest BCUT2D eigenvalue weighted by atomic mass is 79.9. The predicted octanol–water partition coefficient (Wildman–Crippen LogP) is 2.99. The van der Waals surface area contributed by atoms with Crippen molar-refractivity contribution in [3.05, 3.63) is 28.7 Å². The summed E-state index contributed by atoms with van der Waals surface area (Å²) in [5.74, 6) is 0.904. The van der Waals surface area contributed by atoms with Crippen LogP contribution in [-0.4, -0.2) is 31.4 Å². The molecule has 0 aromatic heterocycles. The first-order chi connectivity index (χ1) is 8.60. The summed E-state index contributed by atoms with van der Waals surface area (Å²) in [5, 5.41) is 3.53. The van der Waals surface area contributed by atoms with E-state index >= 15 is 0 Å². The van der Waals surface area contributed by atoms with Gasteiger partial charge in [0.25, 0.3) is 0 Å². The van der Waals surface area contributed by atoms with E-state index in [1.165, 1.54) is 0 Å². The number of ether oxygens (including phenoxy) is 2. The molecule has 18 heavy (non-hydrogen) atoms. The van der Waals surface area contributed by atoms with Crippen molar-refractivity contribution in [2.45, 2.75) is 31.9 Å². The quantitative estimate of drug-likeness (QED) is 0.848. The molecule has 1 aliphatic rings. The van der Waals surface area contributed by atoms with Crippen LogP contribution in [0.15, 0.2) is 28.7 Å². The van der Waals surface area contributed by atoms with Gasteiger partial charge in [0.1, 0.15) is 12.4 Å². The van der Waals surface area contributed by atoms with Crippen LogP contribution in [0.5, 0.6) is 5.75 Å². The SMILES string of the molecule is CC1OCCC1(C)NCCOc1ccc(Br)cc1. The third-order valence-corrected chi connectivity index (χ3v) is 4.13. The summed E-state index contributed by atoms with van der Waals surface area (Å²) in [7, 11) is 0. The van der Waals surface area contributed by atoms with Crippen LogP contribution in [0.4, 0.5) is 0 Å². The second-order valence-electron chi connectivity index (χ2n) is 4.91. The summed E-state index contributed by atoms with van der Waals surface area (Å²) in [6.07, 6.45) is 1.33. The molecule has 2 atom stereocenters. The molecule has 0 saturated carbocycles. The van der Waals surface area contributed by atoms with Crippen LogP contribution in [0.3, 0.4) is 0 Å². The molecule has 0 radical (unpaired) electrons. The van der Waals surface area contributed by atoms with Crippen molar-refractivity contribution in [3.63, 3.8) is 0 Å². The van der Waals surface area contributed by atoms with Gasteiger partial charge in [0, 0.05) is 23.2 Å². The Morgan fingerprint density at radius 2 is 2.17 bits per heavy atom. The molecular formula is C14H20BrNO2. The maximum absolute atomic E-state index is 5.68. The summed E-state index contributed by atoms with van der Waals surface area (Å²) >= 11 is 3.40. The molecule has 0 amide bonds. The van der Waals surface area contributed by atoms with Gasteiger partial charge in [-0.05, 0) is 44.5 Å². The first kappa shape index (κ1) is 13.8. The van der Waals surface area contributed by atoms with Gasteiger partial charge in [-0.15, -0.1) is 0 Å². The molecule has 0 bridgehead atoms. The van der Waals surface area contributed by atoms with E-state index in [9.17, 15) is 0 Å². The van der Waals surface area contributed by atoms with Gasteiger partial charge in [-0.3, -0.25) is 0 Å². The van der Waals surface area contributed by atoms with E-state index in [0.29, 0.717) is 6.61 Å². The van der Waals surface area contributed by atoms with Crippen molar-refractivity contribution >= 4 is 15.9 Å². The number of hydrogen-bond acceptors (Lipinski definition) is 3. The number of halogens is 1. The highest BCUT2D eigenvalue weighted by molar-refractivity contribution is 9.10. The van der Waals surface area contributed by atoms with E-state index in [0.717, 1.165) is 29.8 Å². The Labute approximate surface area is 117 Å². The Kier molecular flexibility index (Phi) is 4.65. The normalized spacial score (nSPS) is 27.4. The minimum absolute atomic E-state index is 0.0864. The zero-order chi connectivity index (χ0) is 13.0. The topological polar surface area (TPSA) is 30.5 Å². The zero-order valence-electron chi connectivity index (χ0n) is 10.9. The van der Waals surface area contributed by atoms with Gasteiger partial charge in [-0.2, -0.15) is 0 Å². The molecule has 2 rings (SSSR count). The fourth-order valence-electron chi connectivity index (χ4n) is 2.10. The maximum Gasteiger partial charge on any atom is 0.119 e. The van der Waals surface area contributed by atoms with Gasteiger partial charge in [-0.25, -0.2) is 0 Å². The van der Waals surface area contributed by atoms with Gasteiger partial charge in [0.2, 0.25) is 0 Å². The molecule has 4 heteroatoms. The summed E-state index contributed by atoms with van der Waals surface area (Å²) in [4.78, 5) is 0. The Hall–Kier alpha value is -0.580. The van der Waals surface area contributed by atoms with Gasteiger partial charge in [-0.1, -0.05) is 15.9 Å². The Morgan fingerprint density at radius 1 is 1.44 bits per heavy atom. The molecule has 0 spiro atoms. The lowest BCUT2D eigenvalue weighted by Gasteiger charge is -2.29. The zero-order valence-corrected chi connectivity index (χ0v) is 12.5. The fourth-order valence-corrected chi connectivity index (χ4v) is 2.37. The number of rotatable bonds is 5. The van der Waals surface area contributed by atoms with Gasteiger partial charge in [0.15, 0.2) is 0 Å². The smallest absolute Gasteiger partial charge is 0.119 e. The average molecular weight is 314 g/mol. The Balaban J connectivity index is 1.71. The van der Waals surface area contributed by atoms with Crippen molar-refractivity contribution in [1.82, 2.24) is 5.32 Å². The van der Waals surface area contributed by atoms with Crippen LogP contribution < -0.4 is 10.1 Å². The van der Waals surface area contributed by atoms with Crippen molar-refractivity contribution in [2.24, 2.45) is 0 Å². The van der Waals surface area contributed by atoms with Crippen LogP contribution in [-0.2, 0) is 4.74 Å². The maximum atomic E-state index is 5.68. The van der Waals surface area contributed by atoms with Crippen molar-refractivity contribution in [3.8, 4) is 5.75 Å². The molecule has 1 N–H and O–H groups in total. The van der Waals surface area contributed by atoms with E-state index in [2.05, 4.69) is 35.1 Å². The lowest BCUT2D eigenvalue weighted by Crippen LogP contribution is -2.49. The van der Waals surface area contributed by atoms with E-state index in [-0.39, 0.29) is 11.6 Å². The highest BCUT2D eigenvalue weighted by Crippen LogP contribution is 2.24. The Morgan fingerprint density at radius 3 is 2.78 bits per heavy atom. The van der Waals surface area contributed by atoms with Gasteiger partial charge < -0.3 is 14.8 Å².